The average Bonchev–Trinajstić information content (AvgIpc) is 3.25. The number of hydrogen-bond donors (Lipinski definition) is 0. The lowest BCUT2D eigenvalue weighted by Gasteiger charge is -2.70. The van der Waals surface area contributed by atoms with Crippen molar-refractivity contribution >= 4 is 23.9 Å². The Morgan fingerprint density at radius 3 is 2.33 bits per heavy atom. The summed E-state index contributed by atoms with van der Waals surface area (Å²) in [6.45, 7) is 10.6. The van der Waals surface area contributed by atoms with E-state index < -0.39 is 64.2 Å². The van der Waals surface area contributed by atoms with Gasteiger partial charge in [-0.2, -0.15) is 0 Å². The van der Waals surface area contributed by atoms with Gasteiger partial charge in [0.2, 0.25) is 0 Å². The summed E-state index contributed by atoms with van der Waals surface area (Å²) < 4.78 is 30.5. The molecule has 2 aliphatic heterocycles. The molecule has 10 nitrogen and oxygen atoms in total. The number of ether oxygens (including phenoxy) is 5. The SMILES string of the molecule is CC(=O)O[C@@H]1[C@@H](OC(C)=O)[C@@]2(C)O[C@@]3(CC[C@@]2(C)[C@@H]2[C@@H](OC(=O)c4cccnc4)CC=C(C)[C@@]12C)COC(=O)C3. The van der Waals surface area contributed by atoms with Crippen molar-refractivity contribution in [3.05, 3.63) is 41.7 Å². The van der Waals surface area contributed by atoms with Crippen molar-refractivity contribution in [1.82, 2.24) is 4.98 Å². The summed E-state index contributed by atoms with van der Waals surface area (Å²) >= 11 is 0. The van der Waals surface area contributed by atoms with Crippen molar-refractivity contribution in [3.63, 3.8) is 0 Å². The lowest BCUT2D eigenvalue weighted by atomic mass is 9.41. The van der Waals surface area contributed by atoms with Gasteiger partial charge in [-0.1, -0.05) is 25.5 Å². The van der Waals surface area contributed by atoms with Crippen LogP contribution in [0.4, 0.5) is 0 Å². The zero-order valence-electron chi connectivity index (χ0n) is 23.9. The highest BCUT2D eigenvalue weighted by Gasteiger charge is 2.76. The van der Waals surface area contributed by atoms with Gasteiger partial charge in [-0.15, -0.1) is 0 Å². The normalized spacial score (nSPS) is 40.2. The molecular formula is C30H37NO9. The second-order valence-electron chi connectivity index (χ2n) is 12.3. The van der Waals surface area contributed by atoms with E-state index >= 15 is 0 Å². The van der Waals surface area contributed by atoms with E-state index in [-0.39, 0.29) is 19.0 Å². The van der Waals surface area contributed by atoms with Crippen LogP contribution in [0.2, 0.25) is 0 Å². The third kappa shape index (κ3) is 4.22. The number of cyclic esters (lactones) is 1. The quantitative estimate of drug-likeness (QED) is 0.308. The number of pyridine rings is 1. The van der Waals surface area contributed by atoms with E-state index in [2.05, 4.69) is 11.9 Å². The van der Waals surface area contributed by atoms with Gasteiger partial charge in [-0.05, 0) is 38.8 Å². The van der Waals surface area contributed by atoms with Crippen LogP contribution in [0.1, 0.15) is 77.6 Å². The first-order chi connectivity index (χ1) is 18.8. The van der Waals surface area contributed by atoms with Gasteiger partial charge in [0.15, 0.2) is 12.2 Å². The van der Waals surface area contributed by atoms with Crippen LogP contribution in [0.5, 0.6) is 0 Å². The lowest BCUT2D eigenvalue weighted by molar-refractivity contribution is -0.349. The first-order valence-corrected chi connectivity index (χ1v) is 13.7. The molecule has 0 aromatic carbocycles. The zero-order valence-corrected chi connectivity index (χ0v) is 23.9. The smallest absolute Gasteiger partial charge is 0.339 e. The molecule has 1 aromatic heterocycles. The number of aromatic nitrogens is 1. The average molecular weight is 556 g/mol. The number of rotatable bonds is 4. The molecule has 1 spiro atoms. The summed E-state index contributed by atoms with van der Waals surface area (Å²) in [5, 5.41) is 0. The molecule has 216 valence electrons. The minimum Gasteiger partial charge on any atom is -0.463 e. The predicted molar refractivity (Wildman–Crippen MR) is 140 cm³/mol. The maximum Gasteiger partial charge on any atom is 0.339 e. The predicted octanol–water partition coefficient (Wildman–Crippen LogP) is 3.72. The fourth-order valence-corrected chi connectivity index (χ4v) is 7.88. The molecule has 2 aliphatic carbocycles. The van der Waals surface area contributed by atoms with Crippen LogP contribution < -0.4 is 0 Å². The van der Waals surface area contributed by atoms with E-state index in [1.807, 2.05) is 26.8 Å². The number of fused-ring (bicyclic) bond motifs is 3. The minimum absolute atomic E-state index is 0.0734. The first kappa shape index (κ1) is 28.3. The molecule has 40 heavy (non-hydrogen) atoms. The van der Waals surface area contributed by atoms with Crippen LogP contribution in [-0.4, -0.2) is 65.0 Å². The Morgan fingerprint density at radius 2 is 1.73 bits per heavy atom. The van der Waals surface area contributed by atoms with Gasteiger partial charge in [0.25, 0.3) is 0 Å². The topological polar surface area (TPSA) is 127 Å². The van der Waals surface area contributed by atoms with E-state index in [1.54, 1.807) is 18.3 Å². The Kier molecular flexibility index (Phi) is 6.84. The molecule has 0 unspecified atom stereocenters. The molecule has 2 saturated heterocycles. The number of carbonyl (C=O) groups excluding carboxylic acids is 4. The van der Waals surface area contributed by atoms with E-state index in [4.69, 9.17) is 23.7 Å². The molecule has 1 aromatic rings. The lowest BCUT2D eigenvalue weighted by Crippen LogP contribution is -2.78. The number of carbonyl (C=O) groups is 4. The Balaban J connectivity index is 1.67. The van der Waals surface area contributed by atoms with Crippen LogP contribution in [0, 0.1) is 16.7 Å². The Hall–Kier alpha value is -3.27. The van der Waals surface area contributed by atoms with Crippen molar-refractivity contribution in [3.8, 4) is 0 Å². The molecule has 8 atom stereocenters. The Labute approximate surface area is 233 Å². The van der Waals surface area contributed by atoms with Gasteiger partial charge < -0.3 is 23.7 Å². The summed E-state index contributed by atoms with van der Waals surface area (Å²) in [6, 6.07) is 3.32. The molecule has 3 fully saturated rings. The highest BCUT2D eigenvalue weighted by atomic mass is 16.6. The van der Waals surface area contributed by atoms with Crippen LogP contribution in [0.3, 0.4) is 0 Å². The van der Waals surface area contributed by atoms with Crippen molar-refractivity contribution < 1.29 is 42.9 Å². The number of nitrogens with zero attached hydrogens (tertiary/aromatic N) is 1. The first-order valence-electron chi connectivity index (χ1n) is 13.7. The van der Waals surface area contributed by atoms with Crippen molar-refractivity contribution in [2.24, 2.45) is 16.7 Å². The molecule has 0 N–H and O–H groups in total. The number of esters is 4. The van der Waals surface area contributed by atoms with Crippen molar-refractivity contribution in [2.45, 2.75) is 96.7 Å². The van der Waals surface area contributed by atoms with Crippen LogP contribution in [0.15, 0.2) is 36.2 Å². The van der Waals surface area contributed by atoms with E-state index in [1.165, 1.54) is 20.0 Å². The van der Waals surface area contributed by atoms with Gasteiger partial charge in [0.1, 0.15) is 23.9 Å². The molecule has 10 heteroatoms. The van der Waals surface area contributed by atoms with E-state index in [0.717, 1.165) is 5.57 Å². The van der Waals surface area contributed by atoms with Crippen LogP contribution in [-0.2, 0) is 38.1 Å². The molecule has 1 saturated carbocycles. The fourth-order valence-electron chi connectivity index (χ4n) is 7.88. The molecular weight excluding hydrogens is 518 g/mol. The second kappa shape index (κ2) is 9.68. The standard InChI is InChI=1S/C30H37NO9/c1-17-9-10-21(39-26(35)20-8-7-13-31-15-20)23-27(4)11-12-30(14-22(34)36-16-30)40-29(27,6)25(38-19(3)33)24(28(17,23)5)37-18(2)32/h7-9,13,15,21,23-25H,10-12,14,16H2,1-6H3/t21-,23-,24+,25+,27-,28+,29+,30+/m0/s1. The molecule has 0 amide bonds. The molecule has 0 radical (unpaired) electrons. The molecule has 3 heterocycles. The summed E-state index contributed by atoms with van der Waals surface area (Å²) in [5.41, 5.74) is -2.49. The van der Waals surface area contributed by atoms with Gasteiger partial charge in [0, 0.05) is 49.4 Å². The summed E-state index contributed by atoms with van der Waals surface area (Å²) in [7, 11) is 0. The van der Waals surface area contributed by atoms with E-state index in [0.29, 0.717) is 24.8 Å². The van der Waals surface area contributed by atoms with Gasteiger partial charge >= 0.3 is 23.9 Å². The second-order valence-corrected chi connectivity index (χ2v) is 12.3. The van der Waals surface area contributed by atoms with Gasteiger partial charge in [0.05, 0.1) is 12.0 Å². The largest absolute Gasteiger partial charge is 0.463 e. The van der Waals surface area contributed by atoms with Crippen molar-refractivity contribution in [1.29, 1.82) is 0 Å². The summed E-state index contributed by atoms with van der Waals surface area (Å²) in [5.74, 6) is -2.35. The maximum absolute atomic E-state index is 13.3. The highest BCUT2D eigenvalue weighted by molar-refractivity contribution is 5.89. The Bertz CT molecular complexity index is 1260. The monoisotopic (exact) mass is 555 g/mol. The van der Waals surface area contributed by atoms with Crippen LogP contribution in [0.25, 0.3) is 0 Å². The van der Waals surface area contributed by atoms with Gasteiger partial charge in [-0.25, -0.2) is 4.79 Å². The zero-order chi connectivity index (χ0) is 29.1. The maximum atomic E-state index is 13.3. The van der Waals surface area contributed by atoms with E-state index in [9.17, 15) is 19.2 Å². The minimum atomic E-state index is -1.23. The molecule has 0 bridgehead atoms. The summed E-state index contributed by atoms with van der Waals surface area (Å²) in [6.07, 6.45) is 4.08. The number of hydrogen-bond acceptors (Lipinski definition) is 10. The third-order valence-corrected chi connectivity index (χ3v) is 9.99. The van der Waals surface area contributed by atoms with Gasteiger partial charge in [-0.3, -0.25) is 19.4 Å². The Morgan fingerprint density at radius 1 is 1.02 bits per heavy atom. The van der Waals surface area contributed by atoms with Crippen LogP contribution >= 0.6 is 0 Å². The molecule has 5 rings (SSSR count). The fraction of sp³-hybridized carbons (Fsp3) is 0.633. The third-order valence-electron chi connectivity index (χ3n) is 9.99. The molecule has 4 aliphatic rings. The van der Waals surface area contributed by atoms with Crippen molar-refractivity contribution in [2.75, 3.05) is 6.61 Å². The highest BCUT2D eigenvalue weighted by Crippen LogP contribution is 2.68. The summed E-state index contributed by atoms with van der Waals surface area (Å²) in [4.78, 5) is 54.7.